The van der Waals surface area contributed by atoms with Crippen molar-refractivity contribution in [3.63, 3.8) is 0 Å². The maximum Gasteiger partial charge on any atom is 0.225 e. The van der Waals surface area contributed by atoms with Crippen LogP contribution >= 0.6 is 24.8 Å². The predicted octanol–water partition coefficient (Wildman–Crippen LogP) is 3.21. The van der Waals surface area contributed by atoms with Crippen LogP contribution in [-0.4, -0.2) is 61.1 Å². The van der Waals surface area contributed by atoms with E-state index in [1.54, 1.807) is 0 Å². The van der Waals surface area contributed by atoms with Crippen molar-refractivity contribution < 1.29 is 9.53 Å². The topological polar surface area (TPSA) is 58.8 Å². The Morgan fingerprint density at radius 1 is 1.00 bits per heavy atom. The van der Waals surface area contributed by atoms with Crippen LogP contribution in [0.15, 0.2) is 30.3 Å². The second kappa shape index (κ2) is 11.4. The van der Waals surface area contributed by atoms with Gasteiger partial charge in [-0.1, -0.05) is 24.6 Å². The maximum absolute atomic E-state index is 13.0. The predicted molar refractivity (Wildman–Crippen MR) is 121 cm³/mol. The number of para-hydroxylation sites is 1. The molecular weight excluding hydrogens is 409 g/mol. The summed E-state index contributed by atoms with van der Waals surface area (Å²) in [5.74, 6) is 2.67. The number of nitrogens with zero attached hydrogens (tertiary/aromatic N) is 2. The van der Waals surface area contributed by atoms with Crippen LogP contribution in [0, 0.1) is 17.8 Å². The number of hydrogen-bond donors (Lipinski definition) is 1. The average molecular weight is 444 g/mol. The summed E-state index contributed by atoms with van der Waals surface area (Å²) in [5.41, 5.74) is 6.39. The van der Waals surface area contributed by atoms with Gasteiger partial charge in [-0.2, -0.15) is 0 Å². The Morgan fingerprint density at radius 2 is 1.62 bits per heavy atom. The monoisotopic (exact) mass is 443 g/mol. The van der Waals surface area contributed by atoms with Crippen molar-refractivity contribution in [2.75, 3.05) is 39.3 Å². The van der Waals surface area contributed by atoms with E-state index in [1.165, 1.54) is 19.3 Å². The van der Waals surface area contributed by atoms with E-state index in [4.69, 9.17) is 10.5 Å². The van der Waals surface area contributed by atoms with Crippen LogP contribution in [0.2, 0.25) is 0 Å². The standard InChI is InChI=1S/C22H33N3O2.2ClH/c23-21-17-5-4-6-18(21)16-19(15-17)22(26)25-11-9-24(10-12-25)13-14-27-20-7-2-1-3-8-20;;/h1-3,7-8,17-19,21H,4-6,9-16,23H2;2*1H. The molecule has 7 heteroatoms. The van der Waals surface area contributed by atoms with E-state index in [9.17, 15) is 4.79 Å². The molecule has 164 valence electrons. The minimum absolute atomic E-state index is 0. The highest BCUT2D eigenvalue weighted by molar-refractivity contribution is 5.85. The van der Waals surface area contributed by atoms with Gasteiger partial charge in [0.1, 0.15) is 12.4 Å². The zero-order valence-electron chi connectivity index (χ0n) is 17.1. The van der Waals surface area contributed by atoms with E-state index in [0.29, 0.717) is 30.4 Å². The summed E-state index contributed by atoms with van der Waals surface area (Å²) < 4.78 is 5.80. The number of ether oxygens (including phenoxy) is 1. The van der Waals surface area contributed by atoms with Gasteiger partial charge >= 0.3 is 0 Å². The minimum atomic E-state index is 0. The van der Waals surface area contributed by atoms with Crippen LogP contribution in [0.3, 0.4) is 0 Å². The summed E-state index contributed by atoms with van der Waals surface area (Å²) in [7, 11) is 0. The Hall–Kier alpha value is -1.01. The number of carbonyl (C=O) groups excluding carboxylic acids is 1. The zero-order chi connectivity index (χ0) is 18.6. The lowest BCUT2D eigenvalue weighted by molar-refractivity contribution is -0.140. The summed E-state index contributed by atoms with van der Waals surface area (Å²) in [4.78, 5) is 17.5. The van der Waals surface area contributed by atoms with Gasteiger partial charge < -0.3 is 15.4 Å². The molecule has 2 aliphatic carbocycles. The second-order valence-corrected chi connectivity index (χ2v) is 8.53. The van der Waals surface area contributed by atoms with Gasteiger partial charge in [-0.25, -0.2) is 0 Å². The number of piperazine rings is 1. The van der Waals surface area contributed by atoms with Gasteiger partial charge in [0.05, 0.1) is 0 Å². The largest absolute Gasteiger partial charge is 0.492 e. The molecule has 0 spiro atoms. The number of halogens is 2. The third kappa shape index (κ3) is 6.00. The third-order valence-electron chi connectivity index (χ3n) is 6.87. The zero-order valence-corrected chi connectivity index (χ0v) is 18.7. The molecule has 1 aromatic carbocycles. The lowest BCUT2D eigenvalue weighted by atomic mass is 9.65. The van der Waals surface area contributed by atoms with E-state index in [1.807, 2.05) is 30.3 Å². The first kappa shape index (κ1) is 24.3. The van der Waals surface area contributed by atoms with Gasteiger partial charge in [0.2, 0.25) is 5.91 Å². The van der Waals surface area contributed by atoms with Crippen LogP contribution in [0.4, 0.5) is 0 Å². The molecule has 4 rings (SSSR count). The van der Waals surface area contributed by atoms with Crippen molar-refractivity contribution >= 4 is 30.7 Å². The molecule has 2 saturated carbocycles. The summed E-state index contributed by atoms with van der Waals surface area (Å²) >= 11 is 0. The van der Waals surface area contributed by atoms with E-state index >= 15 is 0 Å². The molecular formula is C22H35Cl2N3O2. The van der Waals surface area contributed by atoms with Gasteiger partial charge in [-0.15, -0.1) is 24.8 Å². The highest BCUT2D eigenvalue weighted by Crippen LogP contribution is 2.42. The molecule has 1 aliphatic heterocycles. The molecule has 1 heterocycles. The minimum Gasteiger partial charge on any atom is -0.492 e. The fraction of sp³-hybridized carbons (Fsp3) is 0.682. The normalized spacial score (nSPS) is 29.3. The molecule has 2 bridgehead atoms. The smallest absolute Gasteiger partial charge is 0.225 e. The Balaban J connectivity index is 0.00000150. The number of nitrogens with two attached hydrogens (primary N) is 1. The lowest BCUT2D eigenvalue weighted by Crippen LogP contribution is -2.54. The molecule has 5 nitrogen and oxygen atoms in total. The van der Waals surface area contributed by atoms with Crippen molar-refractivity contribution in [1.82, 2.24) is 9.80 Å². The fourth-order valence-electron chi connectivity index (χ4n) is 5.25. The third-order valence-corrected chi connectivity index (χ3v) is 6.87. The molecule has 1 amide bonds. The second-order valence-electron chi connectivity index (χ2n) is 8.53. The van der Waals surface area contributed by atoms with Crippen molar-refractivity contribution in [3.05, 3.63) is 30.3 Å². The van der Waals surface area contributed by atoms with Crippen LogP contribution < -0.4 is 10.5 Å². The summed E-state index contributed by atoms with van der Waals surface area (Å²) in [6.07, 6.45) is 5.77. The average Bonchev–Trinajstić information content (AvgIpc) is 2.69. The Morgan fingerprint density at radius 3 is 2.24 bits per heavy atom. The van der Waals surface area contributed by atoms with E-state index < -0.39 is 0 Å². The highest BCUT2D eigenvalue weighted by atomic mass is 35.5. The first-order valence-corrected chi connectivity index (χ1v) is 10.7. The molecule has 0 aromatic heterocycles. The fourth-order valence-corrected chi connectivity index (χ4v) is 5.25. The van der Waals surface area contributed by atoms with E-state index in [0.717, 1.165) is 51.3 Å². The first-order chi connectivity index (χ1) is 13.2. The number of hydrogen-bond acceptors (Lipinski definition) is 4. The van der Waals surface area contributed by atoms with Crippen molar-refractivity contribution in [1.29, 1.82) is 0 Å². The van der Waals surface area contributed by atoms with Gasteiger partial charge in [0.15, 0.2) is 0 Å². The van der Waals surface area contributed by atoms with Crippen LogP contribution in [-0.2, 0) is 4.79 Å². The van der Waals surface area contributed by atoms with Gasteiger partial charge in [0.25, 0.3) is 0 Å². The summed E-state index contributed by atoms with van der Waals surface area (Å²) in [6, 6.07) is 10.3. The quantitative estimate of drug-likeness (QED) is 0.758. The molecule has 0 radical (unpaired) electrons. The molecule has 3 fully saturated rings. The first-order valence-electron chi connectivity index (χ1n) is 10.7. The number of amides is 1. The van der Waals surface area contributed by atoms with Gasteiger partial charge in [-0.3, -0.25) is 9.69 Å². The lowest BCUT2D eigenvalue weighted by Gasteiger charge is -2.45. The van der Waals surface area contributed by atoms with Crippen LogP contribution in [0.1, 0.15) is 32.1 Å². The molecule has 3 aliphatic rings. The highest BCUT2D eigenvalue weighted by Gasteiger charge is 2.41. The Labute approximate surface area is 187 Å². The summed E-state index contributed by atoms with van der Waals surface area (Å²) in [6.45, 7) is 5.21. The Kier molecular flexibility index (Phi) is 9.54. The molecule has 2 atom stereocenters. The number of carbonyl (C=O) groups is 1. The molecule has 29 heavy (non-hydrogen) atoms. The van der Waals surface area contributed by atoms with Crippen LogP contribution in [0.25, 0.3) is 0 Å². The number of benzene rings is 1. The van der Waals surface area contributed by atoms with E-state index in [-0.39, 0.29) is 30.7 Å². The number of fused-ring (bicyclic) bond motifs is 2. The number of rotatable bonds is 5. The van der Waals surface area contributed by atoms with Gasteiger partial charge in [-0.05, 0) is 49.7 Å². The van der Waals surface area contributed by atoms with Crippen LogP contribution in [0.5, 0.6) is 5.75 Å². The van der Waals surface area contributed by atoms with Crippen molar-refractivity contribution in [3.8, 4) is 5.75 Å². The molecule has 1 aromatic rings. The van der Waals surface area contributed by atoms with E-state index in [2.05, 4.69) is 9.80 Å². The SMILES string of the molecule is Cl.Cl.NC1C2CCCC1CC(C(=O)N1CCN(CCOc3ccccc3)CC1)C2. The van der Waals surface area contributed by atoms with Gasteiger partial charge in [0, 0.05) is 44.7 Å². The summed E-state index contributed by atoms with van der Waals surface area (Å²) in [5, 5.41) is 0. The molecule has 2 unspecified atom stereocenters. The van der Waals surface area contributed by atoms with Crippen molar-refractivity contribution in [2.24, 2.45) is 23.5 Å². The maximum atomic E-state index is 13.0. The Bertz CT molecular complexity index is 612. The van der Waals surface area contributed by atoms with Crippen molar-refractivity contribution in [2.45, 2.75) is 38.1 Å². The molecule has 2 N–H and O–H groups in total. The molecule has 1 saturated heterocycles.